The van der Waals surface area contributed by atoms with Crippen LogP contribution in [0.5, 0.6) is 5.75 Å². The van der Waals surface area contributed by atoms with Crippen LogP contribution in [0.1, 0.15) is 54.2 Å². The van der Waals surface area contributed by atoms with Crippen LogP contribution in [0.25, 0.3) is 5.69 Å². The van der Waals surface area contributed by atoms with E-state index in [4.69, 9.17) is 4.74 Å². The molecule has 0 unspecified atom stereocenters. The first-order valence-corrected chi connectivity index (χ1v) is 12.5. The number of rotatable bonds is 8. The van der Waals surface area contributed by atoms with Gasteiger partial charge in [-0.3, -0.25) is 9.67 Å². The van der Waals surface area contributed by atoms with E-state index in [2.05, 4.69) is 36.3 Å². The summed E-state index contributed by atoms with van der Waals surface area (Å²) in [6.45, 7) is 4.19. The number of hydrogen-bond acceptors (Lipinski definition) is 5. The van der Waals surface area contributed by atoms with Gasteiger partial charge in [0.15, 0.2) is 5.69 Å². The van der Waals surface area contributed by atoms with Gasteiger partial charge in [-0.1, -0.05) is 5.21 Å². The SMILES string of the molecule is Cc1ncc(Br)cc1O[C@H](C)c1cc(F)ccc1-n1nc(C(F)(F)F)cc1Cc1cn(CC2CC2)nn1. The fourth-order valence-corrected chi connectivity index (χ4v) is 4.37. The van der Waals surface area contributed by atoms with E-state index >= 15 is 0 Å². The van der Waals surface area contributed by atoms with E-state index in [1.54, 1.807) is 37.0 Å². The van der Waals surface area contributed by atoms with Gasteiger partial charge in [0.05, 0.1) is 22.8 Å². The maximum atomic E-state index is 14.4. The number of aryl methyl sites for hydroxylation is 1. The van der Waals surface area contributed by atoms with Crippen LogP contribution in [-0.4, -0.2) is 29.8 Å². The lowest BCUT2D eigenvalue weighted by atomic mass is 10.1. The first kappa shape index (κ1) is 25.4. The quantitative estimate of drug-likeness (QED) is 0.232. The Balaban J connectivity index is 1.52. The van der Waals surface area contributed by atoms with Crippen LogP contribution in [0.15, 0.2) is 47.2 Å². The standard InChI is InChI=1S/C25H23BrF4N6O/c1-14-23(7-17(26)11-31-14)37-15(2)21-8-18(27)5-6-22(21)36-20(10-24(33-36)25(28,29)30)9-19-13-35(34-32-19)12-16-3-4-16/h5-8,10-11,13,15-16H,3-4,9,12H2,1-2H3/t15-/m1/s1. The van der Waals surface area contributed by atoms with E-state index in [0.29, 0.717) is 33.1 Å². The Morgan fingerprint density at radius 1 is 1.19 bits per heavy atom. The van der Waals surface area contributed by atoms with Crippen molar-refractivity contribution in [1.29, 1.82) is 0 Å². The predicted molar refractivity (Wildman–Crippen MR) is 130 cm³/mol. The van der Waals surface area contributed by atoms with Gasteiger partial charge in [0.25, 0.3) is 0 Å². The molecule has 37 heavy (non-hydrogen) atoms. The van der Waals surface area contributed by atoms with Gasteiger partial charge in [-0.15, -0.1) is 5.10 Å². The zero-order valence-electron chi connectivity index (χ0n) is 20.0. The molecule has 0 saturated heterocycles. The Hall–Kier alpha value is -3.28. The third-order valence-electron chi connectivity index (χ3n) is 6.13. The minimum Gasteiger partial charge on any atom is -0.484 e. The third-order valence-corrected chi connectivity index (χ3v) is 6.56. The molecule has 0 spiro atoms. The van der Waals surface area contributed by atoms with E-state index in [-0.39, 0.29) is 17.8 Å². The zero-order chi connectivity index (χ0) is 26.3. The lowest BCUT2D eigenvalue weighted by Gasteiger charge is -2.20. The Morgan fingerprint density at radius 3 is 2.70 bits per heavy atom. The first-order chi connectivity index (χ1) is 17.6. The van der Waals surface area contributed by atoms with Crippen LogP contribution in [0, 0.1) is 18.7 Å². The van der Waals surface area contributed by atoms with Gasteiger partial charge in [-0.05, 0) is 78.9 Å². The number of aromatic nitrogens is 6. The van der Waals surface area contributed by atoms with Gasteiger partial charge in [-0.25, -0.2) is 9.07 Å². The van der Waals surface area contributed by atoms with Crippen molar-refractivity contribution < 1.29 is 22.3 Å². The second-order valence-electron chi connectivity index (χ2n) is 9.18. The highest BCUT2D eigenvalue weighted by molar-refractivity contribution is 9.10. The summed E-state index contributed by atoms with van der Waals surface area (Å²) < 4.78 is 65.0. The van der Waals surface area contributed by atoms with Crippen molar-refractivity contribution in [2.45, 2.75) is 51.9 Å². The highest BCUT2D eigenvalue weighted by Gasteiger charge is 2.35. The van der Waals surface area contributed by atoms with E-state index < -0.39 is 23.8 Å². The van der Waals surface area contributed by atoms with Crippen molar-refractivity contribution in [1.82, 2.24) is 29.8 Å². The zero-order valence-corrected chi connectivity index (χ0v) is 21.6. The molecule has 1 aliphatic rings. The molecule has 0 radical (unpaired) electrons. The average molecular weight is 579 g/mol. The van der Waals surface area contributed by atoms with Crippen molar-refractivity contribution in [2.75, 3.05) is 0 Å². The number of nitrogens with zero attached hydrogens (tertiary/aromatic N) is 6. The highest BCUT2D eigenvalue weighted by atomic mass is 79.9. The van der Waals surface area contributed by atoms with E-state index in [1.165, 1.54) is 22.9 Å². The molecule has 7 nitrogen and oxygen atoms in total. The van der Waals surface area contributed by atoms with Crippen molar-refractivity contribution in [3.63, 3.8) is 0 Å². The van der Waals surface area contributed by atoms with Gasteiger partial charge in [0, 0.05) is 35.4 Å². The number of ether oxygens (including phenoxy) is 1. The summed E-state index contributed by atoms with van der Waals surface area (Å²) in [4.78, 5) is 4.24. The molecule has 0 N–H and O–H groups in total. The van der Waals surface area contributed by atoms with Crippen molar-refractivity contribution in [3.8, 4) is 11.4 Å². The summed E-state index contributed by atoms with van der Waals surface area (Å²) in [5, 5.41) is 12.1. The number of hydrogen-bond donors (Lipinski definition) is 0. The van der Waals surface area contributed by atoms with Gasteiger partial charge < -0.3 is 4.74 Å². The third kappa shape index (κ3) is 5.84. The van der Waals surface area contributed by atoms with E-state index in [0.717, 1.165) is 25.5 Å². The van der Waals surface area contributed by atoms with E-state index in [9.17, 15) is 17.6 Å². The number of pyridine rings is 1. The van der Waals surface area contributed by atoms with Gasteiger partial charge >= 0.3 is 6.18 Å². The molecule has 1 aliphatic carbocycles. The van der Waals surface area contributed by atoms with Gasteiger partial charge in [0.2, 0.25) is 0 Å². The first-order valence-electron chi connectivity index (χ1n) is 11.7. The van der Waals surface area contributed by atoms with E-state index in [1.807, 2.05) is 0 Å². The number of alkyl halides is 3. The van der Waals surface area contributed by atoms with Crippen molar-refractivity contribution >= 4 is 15.9 Å². The smallest absolute Gasteiger partial charge is 0.435 e. The molecule has 1 aromatic carbocycles. The Morgan fingerprint density at radius 2 is 1.97 bits per heavy atom. The monoisotopic (exact) mass is 578 g/mol. The van der Waals surface area contributed by atoms with Crippen LogP contribution in [0.2, 0.25) is 0 Å². The van der Waals surface area contributed by atoms with Gasteiger partial charge in [-0.2, -0.15) is 18.3 Å². The summed E-state index contributed by atoms with van der Waals surface area (Å²) >= 11 is 3.35. The summed E-state index contributed by atoms with van der Waals surface area (Å²) in [7, 11) is 0. The predicted octanol–water partition coefficient (Wildman–Crippen LogP) is 6.23. The molecule has 0 aliphatic heterocycles. The molecular formula is C25H23BrF4N6O. The fourth-order valence-electron chi connectivity index (χ4n) is 4.06. The Kier molecular flexibility index (Phi) is 6.78. The Bertz CT molecular complexity index is 1430. The Labute approximate surface area is 218 Å². The maximum Gasteiger partial charge on any atom is 0.435 e. The second kappa shape index (κ2) is 9.88. The maximum absolute atomic E-state index is 14.4. The molecule has 194 valence electrons. The minimum atomic E-state index is -4.66. The van der Waals surface area contributed by atoms with Crippen LogP contribution < -0.4 is 4.74 Å². The molecule has 5 rings (SSSR count). The molecule has 4 aromatic rings. The molecular weight excluding hydrogens is 556 g/mol. The second-order valence-corrected chi connectivity index (χ2v) is 10.1. The molecule has 1 saturated carbocycles. The topological polar surface area (TPSA) is 70.7 Å². The normalized spacial score (nSPS) is 14.7. The molecule has 3 heterocycles. The van der Waals surface area contributed by atoms with Gasteiger partial charge in [0.1, 0.15) is 17.7 Å². The molecule has 0 bridgehead atoms. The van der Waals surface area contributed by atoms with Crippen LogP contribution in [0.4, 0.5) is 17.6 Å². The summed E-state index contributed by atoms with van der Waals surface area (Å²) in [5.41, 5.74) is 0.913. The number of benzene rings is 1. The fraction of sp³-hybridized carbons (Fsp3) is 0.360. The molecule has 3 aromatic heterocycles. The van der Waals surface area contributed by atoms with Crippen molar-refractivity contribution in [2.24, 2.45) is 5.92 Å². The molecule has 1 atom stereocenters. The van der Waals surface area contributed by atoms with Crippen LogP contribution in [0.3, 0.4) is 0 Å². The lowest BCUT2D eigenvalue weighted by Crippen LogP contribution is -2.13. The van der Waals surface area contributed by atoms with Crippen LogP contribution in [-0.2, 0) is 19.1 Å². The van der Waals surface area contributed by atoms with Crippen LogP contribution >= 0.6 is 15.9 Å². The molecule has 0 amide bonds. The highest BCUT2D eigenvalue weighted by Crippen LogP contribution is 2.34. The molecule has 1 fully saturated rings. The summed E-state index contributed by atoms with van der Waals surface area (Å²) in [5.74, 6) is 0.483. The summed E-state index contributed by atoms with van der Waals surface area (Å²) in [6.07, 6.45) is 0.310. The van der Waals surface area contributed by atoms with Crippen molar-refractivity contribution in [3.05, 3.63) is 81.4 Å². The lowest BCUT2D eigenvalue weighted by molar-refractivity contribution is -0.141. The molecule has 12 heteroatoms. The summed E-state index contributed by atoms with van der Waals surface area (Å²) in [6, 6.07) is 6.54. The number of halogens is 5. The minimum absolute atomic E-state index is 0.0639. The largest absolute Gasteiger partial charge is 0.484 e. The average Bonchev–Trinajstić information content (AvgIpc) is 3.36.